The van der Waals surface area contributed by atoms with E-state index in [2.05, 4.69) is 0 Å². The molecule has 0 bridgehead atoms. The summed E-state index contributed by atoms with van der Waals surface area (Å²) in [5, 5.41) is 8.97. The van der Waals surface area contributed by atoms with E-state index >= 15 is 0 Å². The van der Waals surface area contributed by atoms with Crippen LogP contribution < -0.4 is 11.0 Å². The van der Waals surface area contributed by atoms with Crippen LogP contribution in [0, 0.1) is 19.3 Å². The van der Waals surface area contributed by atoms with E-state index in [9.17, 15) is 13.2 Å². The number of nitrogens with zero attached hydrogens (tertiary/aromatic N) is 3. The molecule has 0 saturated heterocycles. The lowest BCUT2D eigenvalue weighted by Gasteiger charge is -2.16. The van der Waals surface area contributed by atoms with Gasteiger partial charge in [-0.2, -0.15) is 0 Å². The largest absolute Gasteiger partial charge is 0.379 e. The van der Waals surface area contributed by atoms with Gasteiger partial charge >= 0.3 is 0 Å². The van der Waals surface area contributed by atoms with Gasteiger partial charge in [-0.3, -0.25) is 14.6 Å². The number of pyridine rings is 2. The molecule has 3 heterocycles. The van der Waals surface area contributed by atoms with Crippen molar-refractivity contribution in [3.8, 4) is 0 Å². The number of hydrogen-bond donors (Lipinski definition) is 1. The number of fused-ring (bicyclic) bond motifs is 2. The summed E-state index contributed by atoms with van der Waals surface area (Å²) in [5.74, 6) is 0. The second-order valence-corrected chi connectivity index (χ2v) is 10.6. The zero-order chi connectivity index (χ0) is 24.6. The van der Waals surface area contributed by atoms with Crippen LogP contribution in [0.15, 0.2) is 63.2 Å². The van der Waals surface area contributed by atoms with Gasteiger partial charge < -0.3 is 9.30 Å². The van der Waals surface area contributed by atoms with E-state index in [1.807, 2.05) is 33.8 Å². The predicted molar refractivity (Wildman–Crippen MR) is 130 cm³/mol. The number of ether oxygens (including phenoxy) is 1. The molecular weight excluding hydrogens is 452 g/mol. The molecule has 0 aliphatic heterocycles. The molecule has 3 aromatic heterocycles. The van der Waals surface area contributed by atoms with Gasteiger partial charge in [-0.05, 0) is 63.9 Å². The summed E-state index contributed by atoms with van der Waals surface area (Å²) in [5.41, 5.74) is 1.91. The number of rotatable bonds is 7. The highest BCUT2D eigenvalue weighted by molar-refractivity contribution is 7.91. The van der Waals surface area contributed by atoms with Gasteiger partial charge in [-0.15, -0.1) is 0 Å². The van der Waals surface area contributed by atoms with Crippen molar-refractivity contribution in [1.29, 1.82) is 5.41 Å². The van der Waals surface area contributed by atoms with Crippen LogP contribution in [0.4, 0.5) is 0 Å². The van der Waals surface area contributed by atoms with Gasteiger partial charge in [0.1, 0.15) is 21.7 Å². The second kappa shape index (κ2) is 9.15. The molecule has 8 nitrogen and oxygen atoms in total. The number of benzene rings is 1. The van der Waals surface area contributed by atoms with E-state index in [4.69, 9.17) is 15.1 Å². The van der Waals surface area contributed by atoms with Gasteiger partial charge in [-0.1, -0.05) is 23.8 Å². The quantitative estimate of drug-likeness (QED) is 0.322. The molecule has 9 heteroatoms. The minimum atomic E-state index is -4.04. The summed E-state index contributed by atoms with van der Waals surface area (Å²) < 4.78 is 35.6. The van der Waals surface area contributed by atoms with Crippen molar-refractivity contribution in [2.45, 2.75) is 56.6 Å². The fourth-order valence-electron chi connectivity index (χ4n) is 3.88. The van der Waals surface area contributed by atoms with Gasteiger partial charge in [0.05, 0.1) is 16.4 Å². The Bertz CT molecular complexity index is 1600. The van der Waals surface area contributed by atoms with Crippen LogP contribution in [0.1, 0.15) is 31.4 Å². The van der Waals surface area contributed by atoms with Crippen molar-refractivity contribution in [1.82, 2.24) is 14.0 Å². The molecule has 4 aromatic rings. The van der Waals surface area contributed by atoms with Gasteiger partial charge in [-0.25, -0.2) is 13.4 Å². The maximum absolute atomic E-state index is 13.5. The van der Waals surface area contributed by atoms with Crippen LogP contribution in [0.2, 0.25) is 0 Å². The van der Waals surface area contributed by atoms with Gasteiger partial charge in [0.25, 0.3) is 5.56 Å². The Kier molecular flexibility index (Phi) is 6.42. The van der Waals surface area contributed by atoms with Crippen molar-refractivity contribution < 1.29 is 13.2 Å². The molecule has 1 aromatic carbocycles. The summed E-state index contributed by atoms with van der Waals surface area (Å²) in [6.45, 7) is 8.32. The number of hydrogen-bond acceptors (Lipinski definition) is 6. The summed E-state index contributed by atoms with van der Waals surface area (Å²) in [6, 6.07) is 11.3. The van der Waals surface area contributed by atoms with Crippen LogP contribution in [-0.2, 0) is 21.1 Å². The molecule has 0 aliphatic rings. The van der Waals surface area contributed by atoms with Crippen LogP contribution in [0.5, 0.6) is 0 Å². The molecule has 0 spiro atoms. The van der Waals surface area contributed by atoms with Crippen molar-refractivity contribution >= 4 is 26.5 Å². The highest BCUT2D eigenvalue weighted by Gasteiger charge is 2.24. The molecule has 178 valence electrons. The molecule has 0 atom stereocenters. The molecule has 34 heavy (non-hydrogen) atoms. The van der Waals surface area contributed by atoms with E-state index in [-0.39, 0.29) is 44.5 Å². The minimum Gasteiger partial charge on any atom is -0.379 e. The SMILES string of the molecule is Cc1ccc(S(=O)(=O)c2cc3c(=O)n4cccc(C)c4nc3n(CCCOC(C)C)c2=N)cc1. The number of aryl methyl sites for hydroxylation is 3. The normalized spacial score (nSPS) is 12.1. The first-order valence-corrected chi connectivity index (χ1v) is 12.6. The third-order valence-corrected chi connectivity index (χ3v) is 7.48. The van der Waals surface area contributed by atoms with Crippen molar-refractivity contribution in [2.75, 3.05) is 6.61 Å². The Hall–Kier alpha value is -3.30. The van der Waals surface area contributed by atoms with E-state index in [0.717, 1.165) is 11.1 Å². The lowest BCUT2D eigenvalue weighted by Crippen LogP contribution is -2.30. The van der Waals surface area contributed by atoms with E-state index in [1.165, 1.54) is 27.2 Å². The monoisotopic (exact) mass is 480 g/mol. The highest BCUT2D eigenvalue weighted by atomic mass is 32.2. The number of sulfone groups is 1. The lowest BCUT2D eigenvalue weighted by molar-refractivity contribution is 0.0748. The van der Waals surface area contributed by atoms with Gasteiger partial charge in [0, 0.05) is 19.3 Å². The zero-order valence-electron chi connectivity index (χ0n) is 19.7. The van der Waals surface area contributed by atoms with Gasteiger partial charge in [0.2, 0.25) is 9.84 Å². The van der Waals surface area contributed by atoms with E-state index in [1.54, 1.807) is 24.4 Å². The fourth-order valence-corrected chi connectivity index (χ4v) is 5.27. The number of aromatic nitrogens is 3. The maximum Gasteiger partial charge on any atom is 0.267 e. The Labute approximate surface area is 197 Å². The maximum atomic E-state index is 13.5. The summed E-state index contributed by atoms with van der Waals surface area (Å²) >= 11 is 0. The number of nitrogens with one attached hydrogen (secondary N) is 1. The molecule has 0 amide bonds. The second-order valence-electron chi connectivity index (χ2n) is 8.64. The average Bonchev–Trinajstić information content (AvgIpc) is 2.78. The third-order valence-electron chi connectivity index (χ3n) is 5.70. The summed E-state index contributed by atoms with van der Waals surface area (Å²) in [4.78, 5) is 18.0. The van der Waals surface area contributed by atoms with Gasteiger partial charge in [0.15, 0.2) is 0 Å². The van der Waals surface area contributed by atoms with E-state index in [0.29, 0.717) is 18.7 Å². The lowest BCUT2D eigenvalue weighted by atomic mass is 10.2. The molecule has 0 fully saturated rings. The Balaban J connectivity index is 2.00. The average molecular weight is 481 g/mol. The molecule has 0 unspecified atom stereocenters. The molecule has 0 radical (unpaired) electrons. The van der Waals surface area contributed by atoms with Crippen LogP contribution in [-0.4, -0.2) is 35.1 Å². The van der Waals surface area contributed by atoms with Crippen molar-refractivity contribution in [3.05, 3.63) is 75.6 Å². The first kappa shape index (κ1) is 23.8. The summed E-state index contributed by atoms with van der Waals surface area (Å²) in [7, 11) is -4.04. The molecule has 1 N–H and O–H groups in total. The fraction of sp³-hybridized carbons (Fsp3) is 0.320. The first-order valence-electron chi connectivity index (χ1n) is 11.1. The van der Waals surface area contributed by atoms with Crippen LogP contribution in [0.25, 0.3) is 16.7 Å². The highest BCUT2D eigenvalue weighted by Crippen LogP contribution is 2.21. The standard InChI is InChI=1S/C25H28N4O4S/c1-16(2)33-14-6-13-28-22(26)21(34(31,32)19-10-8-17(3)9-11-19)15-20-24(28)27-23-18(4)7-5-12-29(23)25(20)30/h5,7-12,15-16,26H,6,13-14H2,1-4H3. The van der Waals surface area contributed by atoms with Crippen LogP contribution in [0.3, 0.4) is 0 Å². The van der Waals surface area contributed by atoms with Crippen LogP contribution >= 0.6 is 0 Å². The smallest absolute Gasteiger partial charge is 0.267 e. The molecule has 0 aliphatic carbocycles. The molecular formula is C25H28N4O4S. The first-order chi connectivity index (χ1) is 16.1. The summed E-state index contributed by atoms with van der Waals surface area (Å²) in [6.07, 6.45) is 2.20. The topological polar surface area (TPSA) is 107 Å². The minimum absolute atomic E-state index is 0.0554. The zero-order valence-corrected chi connectivity index (χ0v) is 20.5. The molecule has 0 saturated carbocycles. The Morgan fingerprint density at radius 2 is 1.79 bits per heavy atom. The van der Waals surface area contributed by atoms with E-state index < -0.39 is 9.84 Å². The molecule has 4 rings (SSSR count). The Morgan fingerprint density at radius 1 is 1.09 bits per heavy atom. The predicted octanol–water partition coefficient (Wildman–Crippen LogP) is 3.39. The van der Waals surface area contributed by atoms with Crippen molar-refractivity contribution in [2.24, 2.45) is 0 Å². The third kappa shape index (κ3) is 4.28. The Morgan fingerprint density at radius 3 is 2.47 bits per heavy atom. The van der Waals surface area contributed by atoms with Crippen molar-refractivity contribution in [3.63, 3.8) is 0 Å².